The molecule has 2 aromatic rings. The summed E-state index contributed by atoms with van der Waals surface area (Å²) in [7, 11) is 0. The third-order valence-electron chi connectivity index (χ3n) is 3.58. The quantitative estimate of drug-likeness (QED) is 0.815. The van der Waals surface area contributed by atoms with E-state index in [4.69, 9.17) is 9.15 Å². The molecule has 0 saturated heterocycles. The van der Waals surface area contributed by atoms with Gasteiger partial charge in [0.2, 0.25) is 0 Å². The highest BCUT2D eigenvalue weighted by Gasteiger charge is 2.17. The lowest BCUT2D eigenvalue weighted by molar-refractivity contribution is 0.104. The van der Waals surface area contributed by atoms with E-state index in [-0.39, 0.29) is 12.0 Å². The number of aliphatic hydroxyl groups is 1. The lowest BCUT2D eigenvalue weighted by Gasteiger charge is -2.17. The Balaban J connectivity index is 2.10. The minimum Gasteiger partial charge on any atom is -0.489 e. The van der Waals surface area contributed by atoms with Crippen molar-refractivity contribution in [2.45, 2.75) is 52.9 Å². The fourth-order valence-electron chi connectivity index (χ4n) is 2.27. The average Bonchev–Trinajstić information content (AvgIpc) is 2.87. The van der Waals surface area contributed by atoms with Gasteiger partial charge in [0.05, 0.1) is 0 Å². The van der Waals surface area contributed by atoms with Gasteiger partial charge in [-0.3, -0.25) is 0 Å². The summed E-state index contributed by atoms with van der Waals surface area (Å²) in [4.78, 5) is 0. The van der Waals surface area contributed by atoms with Crippen molar-refractivity contribution in [1.82, 2.24) is 5.32 Å². The van der Waals surface area contributed by atoms with Crippen LogP contribution in [0.2, 0.25) is 0 Å². The van der Waals surface area contributed by atoms with E-state index in [0.717, 1.165) is 23.3 Å². The maximum atomic E-state index is 10.1. The first-order chi connectivity index (χ1) is 10.4. The van der Waals surface area contributed by atoms with Crippen molar-refractivity contribution in [3.63, 3.8) is 0 Å². The number of furan rings is 1. The van der Waals surface area contributed by atoms with Crippen molar-refractivity contribution in [2.75, 3.05) is 6.54 Å². The Morgan fingerprint density at radius 3 is 2.50 bits per heavy atom. The maximum Gasteiger partial charge on any atom is 0.134 e. The minimum absolute atomic E-state index is 0.0903. The van der Waals surface area contributed by atoms with Gasteiger partial charge in [0.1, 0.15) is 29.3 Å². The van der Waals surface area contributed by atoms with Crippen LogP contribution in [0.3, 0.4) is 0 Å². The summed E-state index contributed by atoms with van der Waals surface area (Å²) in [5.74, 6) is 1.55. The number of hydrogen-bond donors (Lipinski definition) is 2. The molecule has 2 N–H and O–H groups in total. The van der Waals surface area contributed by atoms with Crippen LogP contribution in [0.25, 0.3) is 11.0 Å². The second-order valence-corrected chi connectivity index (χ2v) is 6.53. The lowest BCUT2D eigenvalue weighted by Crippen LogP contribution is -2.33. The highest BCUT2D eigenvalue weighted by atomic mass is 16.5. The van der Waals surface area contributed by atoms with Crippen LogP contribution in [0.4, 0.5) is 0 Å². The lowest BCUT2D eigenvalue weighted by atomic mass is 10.1. The zero-order chi connectivity index (χ0) is 16.3. The molecule has 1 heterocycles. The molecule has 1 unspecified atom stereocenters. The topological polar surface area (TPSA) is 54.6 Å². The van der Waals surface area contributed by atoms with Gasteiger partial charge in [-0.15, -0.1) is 0 Å². The Morgan fingerprint density at radius 2 is 1.86 bits per heavy atom. The summed E-state index contributed by atoms with van der Waals surface area (Å²) in [6.07, 6.45) is -0.488. The molecule has 0 spiro atoms. The van der Waals surface area contributed by atoms with Crippen LogP contribution in [-0.4, -0.2) is 23.8 Å². The molecule has 2 atom stereocenters. The fourth-order valence-corrected chi connectivity index (χ4v) is 2.27. The number of fused-ring (bicyclic) bond motifs is 1. The standard InChI is InChI=1S/C18H27NO3/c1-11(2)18(20)17-9-14-8-15(6-7-16(14)22-17)21-13(5)10-19-12(3)4/h6-9,11-13,18-20H,10H2,1-5H3/t13-,18?/m1/s1. The van der Waals surface area contributed by atoms with Crippen LogP contribution in [0.15, 0.2) is 28.7 Å². The van der Waals surface area contributed by atoms with E-state index in [1.54, 1.807) is 0 Å². The molecular formula is C18H27NO3. The van der Waals surface area contributed by atoms with Gasteiger partial charge < -0.3 is 19.6 Å². The molecule has 0 fully saturated rings. The van der Waals surface area contributed by atoms with E-state index in [9.17, 15) is 5.11 Å². The number of ether oxygens (including phenoxy) is 1. The van der Waals surface area contributed by atoms with Crippen molar-refractivity contribution in [1.29, 1.82) is 0 Å². The van der Waals surface area contributed by atoms with Gasteiger partial charge in [0.25, 0.3) is 0 Å². The Bertz CT molecular complexity index is 603. The van der Waals surface area contributed by atoms with Gasteiger partial charge in [-0.05, 0) is 37.1 Å². The van der Waals surface area contributed by atoms with E-state index >= 15 is 0 Å². The molecule has 4 nitrogen and oxygen atoms in total. The summed E-state index contributed by atoms with van der Waals surface area (Å²) < 4.78 is 11.6. The minimum atomic E-state index is -0.578. The Morgan fingerprint density at radius 1 is 1.14 bits per heavy atom. The van der Waals surface area contributed by atoms with Gasteiger partial charge in [0, 0.05) is 18.0 Å². The van der Waals surface area contributed by atoms with Gasteiger partial charge in [-0.25, -0.2) is 0 Å². The van der Waals surface area contributed by atoms with E-state index in [0.29, 0.717) is 11.8 Å². The summed E-state index contributed by atoms with van der Waals surface area (Å²) in [5.41, 5.74) is 0.773. The number of benzene rings is 1. The summed E-state index contributed by atoms with van der Waals surface area (Å²) in [5, 5.41) is 14.4. The molecule has 122 valence electrons. The van der Waals surface area contributed by atoms with Crippen LogP contribution >= 0.6 is 0 Å². The van der Waals surface area contributed by atoms with Crippen molar-refractivity contribution in [3.8, 4) is 5.75 Å². The third-order valence-corrected chi connectivity index (χ3v) is 3.58. The highest BCUT2D eigenvalue weighted by Crippen LogP contribution is 2.30. The number of nitrogens with one attached hydrogen (secondary N) is 1. The first kappa shape index (κ1) is 16.8. The van der Waals surface area contributed by atoms with Crippen LogP contribution in [0.5, 0.6) is 5.75 Å². The Kier molecular flexibility index (Phi) is 5.48. The van der Waals surface area contributed by atoms with Gasteiger partial charge >= 0.3 is 0 Å². The smallest absolute Gasteiger partial charge is 0.134 e. The van der Waals surface area contributed by atoms with Crippen LogP contribution in [0, 0.1) is 5.92 Å². The van der Waals surface area contributed by atoms with Crippen LogP contribution < -0.4 is 10.1 Å². The van der Waals surface area contributed by atoms with Gasteiger partial charge in [0.15, 0.2) is 0 Å². The normalized spacial score (nSPS) is 14.7. The monoisotopic (exact) mass is 305 g/mol. The van der Waals surface area contributed by atoms with E-state index in [1.165, 1.54) is 0 Å². The molecule has 0 radical (unpaired) electrons. The second-order valence-electron chi connectivity index (χ2n) is 6.53. The molecule has 0 amide bonds. The molecule has 1 aromatic heterocycles. The molecule has 0 aliphatic heterocycles. The van der Waals surface area contributed by atoms with E-state index in [1.807, 2.05) is 45.0 Å². The predicted molar refractivity (Wildman–Crippen MR) is 89.2 cm³/mol. The molecule has 0 aliphatic carbocycles. The summed E-state index contributed by atoms with van der Waals surface area (Å²) >= 11 is 0. The second kappa shape index (κ2) is 7.16. The van der Waals surface area contributed by atoms with Crippen molar-refractivity contribution >= 4 is 11.0 Å². The van der Waals surface area contributed by atoms with Crippen LogP contribution in [-0.2, 0) is 0 Å². The average molecular weight is 305 g/mol. The highest BCUT2D eigenvalue weighted by molar-refractivity contribution is 5.79. The van der Waals surface area contributed by atoms with E-state index < -0.39 is 6.10 Å². The van der Waals surface area contributed by atoms with Crippen LogP contribution in [0.1, 0.15) is 46.5 Å². The van der Waals surface area contributed by atoms with Crippen molar-refractivity contribution in [3.05, 3.63) is 30.0 Å². The van der Waals surface area contributed by atoms with Crippen molar-refractivity contribution in [2.24, 2.45) is 5.92 Å². The molecule has 4 heteroatoms. The number of rotatable bonds is 7. The molecule has 0 bridgehead atoms. The Hall–Kier alpha value is -1.52. The SMILES string of the molecule is CC(C)NC[C@@H](C)Oc1ccc2oc(C(O)C(C)C)cc2c1. The first-order valence-corrected chi connectivity index (χ1v) is 7.98. The molecule has 0 aliphatic rings. The molecule has 2 rings (SSSR count). The molecule has 22 heavy (non-hydrogen) atoms. The molecular weight excluding hydrogens is 278 g/mol. The van der Waals surface area contributed by atoms with Gasteiger partial charge in [-0.1, -0.05) is 27.7 Å². The summed E-state index contributed by atoms with van der Waals surface area (Å²) in [6, 6.07) is 8.10. The summed E-state index contributed by atoms with van der Waals surface area (Å²) in [6.45, 7) is 11.0. The number of hydrogen-bond acceptors (Lipinski definition) is 4. The van der Waals surface area contributed by atoms with E-state index in [2.05, 4.69) is 19.2 Å². The first-order valence-electron chi connectivity index (χ1n) is 7.98. The molecule has 0 saturated carbocycles. The largest absolute Gasteiger partial charge is 0.489 e. The number of aliphatic hydroxyl groups excluding tert-OH is 1. The van der Waals surface area contributed by atoms with Crippen molar-refractivity contribution < 1.29 is 14.3 Å². The zero-order valence-corrected chi connectivity index (χ0v) is 14.1. The maximum absolute atomic E-state index is 10.1. The van der Waals surface area contributed by atoms with Gasteiger partial charge in [-0.2, -0.15) is 0 Å². The fraction of sp³-hybridized carbons (Fsp3) is 0.556. The third kappa shape index (κ3) is 4.24. The Labute approximate surface area is 132 Å². The predicted octanol–water partition coefficient (Wildman–Crippen LogP) is 3.89. The zero-order valence-electron chi connectivity index (χ0n) is 14.1. The molecule has 1 aromatic carbocycles.